The monoisotopic (exact) mass is 360 g/mol. The molecule has 1 amide bonds. The molecule has 0 bridgehead atoms. The first-order valence-electron chi connectivity index (χ1n) is 7.89. The molecule has 0 aliphatic rings. The Bertz CT molecular complexity index is 797. The summed E-state index contributed by atoms with van der Waals surface area (Å²) in [5.41, 5.74) is 1.73. The van der Waals surface area contributed by atoms with E-state index in [1.165, 1.54) is 4.21 Å². The number of para-hydroxylation sites is 1. The van der Waals surface area contributed by atoms with Gasteiger partial charge in [-0.2, -0.15) is 0 Å². The first-order valence-corrected chi connectivity index (χ1v) is 9.75. The standard InChI is InChI=1S/C18H20N2O2S2/c1-19-9-5-10-20-18(21)17-14(12-24-16-8-4-11-23-16)13-6-2-3-7-15(13)22-17/h2-4,6-8,11,19H,5,9-10,12H2,1H3,(H,20,21). The van der Waals surface area contributed by atoms with Crippen molar-refractivity contribution in [3.05, 3.63) is 53.1 Å². The third-order valence-corrected chi connectivity index (χ3v) is 5.80. The van der Waals surface area contributed by atoms with Crippen molar-refractivity contribution in [1.29, 1.82) is 0 Å². The van der Waals surface area contributed by atoms with Crippen molar-refractivity contribution >= 4 is 40.0 Å². The van der Waals surface area contributed by atoms with Crippen molar-refractivity contribution in [2.45, 2.75) is 16.4 Å². The SMILES string of the molecule is CNCCCNC(=O)c1oc2ccccc2c1CSc1cccs1. The molecular weight excluding hydrogens is 340 g/mol. The van der Waals surface area contributed by atoms with E-state index in [1.54, 1.807) is 23.1 Å². The summed E-state index contributed by atoms with van der Waals surface area (Å²) >= 11 is 3.44. The smallest absolute Gasteiger partial charge is 0.287 e. The molecule has 126 valence electrons. The Balaban J connectivity index is 1.80. The van der Waals surface area contributed by atoms with Gasteiger partial charge in [-0.1, -0.05) is 24.3 Å². The molecule has 4 nitrogen and oxygen atoms in total. The number of amides is 1. The van der Waals surface area contributed by atoms with E-state index < -0.39 is 0 Å². The largest absolute Gasteiger partial charge is 0.451 e. The second kappa shape index (κ2) is 8.37. The molecule has 2 N–H and O–H groups in total. The number of hydrogen-bond acceptors (Lipinski definition) is 5. The summed E-state index contributed by atoms with van der Waals surface area (Å²) in [5.74, 6) is 1.02. The zero-order valence-electron chi connectivity index (χ0n) is 13.5. The molecule has 24 heavy (non-hydrogen) atoms. The normalized spacial score (nSPS) is 11.0. The van der Waals surface area contributed by atoms with Gasteiger partial charge in [0.2, 0.25) is 0 Å². The Morgan fingerprint density at radius 1 is 1.21 bits per heavy atom. The average molecular weight is 361 g/mol. The summed E-state index contributed by atoms with van der Waals surface area (Å²) in [6.07, 6.45) is 0.891. The number of furan rings is 1. The van der Waals surface area contributed by atoms with Crippen LogP contribution >= 0.6 is 23.1 Å². The lowest BCUT2D eigenvalue weighted by molar-refractivity contribution is 0.0927. The maximum absolute atomic E-state index is 12.5. The van der Waals surface area contributed by atoms with Gasteiger partial charge < -0.3 is 15.1 Å². The van der Waals surface area contributed by atoms with Crippen LogP contribution in [0.4, 0.5) is 0 Å². The maximum atomic E-state index is 12.5. The second-order valence-corrected chi connectivity index (χ2v) is 7.56. The van der Waals surface area contributed by atoms with Gasteiger partial charge in [-0.05, 0) is 37.5 Å². The molecule has 0 fully saturated rings. The number of carbonyl (C=O) groups is 1. The fourth-order valence-electron chi connectivity index (χ4n) is 2.46. The molecule has 0 aliphatic carbocycles. The van der Waals surface area contributed by atoms with Crippen LogP contribution in [0.1, 0.15) is 22.5 Å². The maximum Gasteiger partial charge on any atom is 0.287 e. The fraction of sp³-hybridized carbons (Fsp3) is 0.278. The zero-order valence-corrected chi connectivity index (χ0v) is 15.1. The van der Waals surface area contributed by atoms with Gasteiger partial charge in [0.25, 0.3) is 5.91 Å². The van der Waals surface area contributed by atoms with Crippen LogP contribution < -0.4 is 10.6 Å². The molecule has 0 radical (unpaired) electrons. The van der Waals surface area contributed by atoms with E-state index >= 15 is 0 Å². The third kappa shape index (κ3) is 4.01. The van der Waals surface area contributed by atoms with Crippen molar-refractivity contribution in [2.75, 3.05) is 20.1 Å². The molecule has 0 unspecified atom stereocenters. The van der Waals surface area contributed by atoms with Gasteiger partial charge in [0, 0.05) is 23.2 Å². The number of benzene rings is 1. The summed E-state index contributed by atoms with van der Waals surface area (Å²) in [6, 6.07) is 12.0. The van der Waals surface area contributed by atoms with E-state index in [4.69, 9.17) is 4.42 Å². The van der Waals surface area contributed by atoms with Crippen LogP contribution in [0.5, 0.6) is 0 Å². The number of rotatable bonds is 8. The molecule has 3 rings (SSSR count). The van der Waals surface area contributed by atoms with E-state index in [9.17, 15) is 4.79 Å². The van der Waals surface area contributed by atoms with E-state index in [0.717, 1.165) is 35.3 Å². The Hall–Kier alpha value is -1.76. The highest BCUT2D eigenvalue weighted by molar-refractivity contribution is 8.00. The molecule has 0 aliphatic heterocycles. The molecule has 3 aromatic rings. The molecule has 1 aromatic carbocycles. The predicted molar refractivity (Wildman–Crippen MR) is 101 cm³/mol. The molecular formula is C18H20N2O2S2. The molecule has 2 heterocycles. The minimum atomic E-state index is -0.135. The van der Waals surface area contributed by atoms with Crippen molar-refractivity contribution in [1.82, 2.24) is 10.6 Å². The Kier molecular flexibility index (Phi) is 5.96. The van der Waals surface area contributed by atoms with Crippen molar-refractivity contribution in [3.8, 4) is 0 Å². The summed E-state index contributed by atoms with van der Waals surface area (Å²) in [6.45, 7) is 1.51. The van der Waals surface area contributed by atoms with E-state index in [1.807, 2.05) is 37.4 Å². The number of thiophene rings is 1. The third-order valence-electron chi connectivity index (χ3n) is 3.65. The highest BCUT2D eigenvalue weighted by Gasteiger charge is 2.20. The Labute approximate surface area is 149 Å². The first-order chi connectivity index (χ1) is 11.8. The quantitative estimate of drug-likeness (QED) is 0.468. The summed E-state index contributed by atoms with van der Waals surface area (Å²) < 4.78 is 7.09. The fourth-order valence-corrected chi connectivity index (χ4v) is 4.27. The van der Waals surface area contributed by atoms with Crippen LogP contribution in [0.3, 0.4) is 0 Å². The van der Waals surface area contributed by atoms with Crippen LogP contribution in [0, 0.1) is 0 Å². The number of nitrogens with one attached hydrogen (secondary N) is 2. The summed E-state index contributed by atoms with van der Waals surface area (Å²) in [5, 5.41) is 9.10. The lowest BCUT2D eigenvalue weighted by Crippen LogP contribution is -2.26. The van der Waals surface area contributed by atoms with Crippen LogP contribution in [-0.4, -0.2) is 26.0 Å². The van der Waals surface area contributed by atoms with E-state index in [2.05, 4.69) is 22.1 Å². The molecule has 6 heteroatoms. The zero-order chi connectivity index (χ0) is 16.8. The van der Waals surface area contributed by atoms with E-state index in [-0.39, 0.29) is 5.91 Å². The van der Waals surface area contributed by atoms with Gasteiger partial charge in [-0.15, -0.1) is 23.1 Å². The van der Waals surface area contributed by atoms with Gasteiger partial charge in [-0.25, -0.2) is 0 Å². The second-order valence-electron chi connectivity index (χ2n) is 5.34. The lowest BCUT2D eigenvalue weighted by atomic mass is 10.1. The molecule has 0 saturated heterocycles. The van der Waals surface area contributed by atoms with Crippen LogP contribution in [0.2, 0.25) is 0 Å². The Morgan fingerprint density at radius 3 is 2.88 bits per heavy atom. The Morgan fingerprint density at radius 2 is 2.08 bits per heavy atom. The molecule has 2 aromatic heterocycles. The van der Waals surface area contributed by atoms with Gasteiger partial charge in [0.1, 0.15) is 5.58 Å². The summed E-state index contributed by atoms with van der Waals surface area (Å²) in [4.78, 5) is 12.5. The van der Waals surface area contributed by atoms with Crippen LogP contribution in [-0.2, 0) is 5.75 Å². The van der Waals surface area contributed by atoms with E-state index in [0.29, 0.717) is 12.3 Å². The van der Waals surface area contributed by atoms with Crippen molar-refractivity contribution in [3.63, 3.8) is 0 Å². The van der Waals surface area contributed by atoms with Gasteiger partial charge >= 0.3 is 0 Å². The van der Waals surface area contributed by atoms with Gasteiger partial charge in [0.15, 0.2) is 5.76 Å². The number of carbonyl (C=O) groups excluding carboxylic acids is 1. The molecule has 0 spiro atoms. The first kappa shape index (κ1) is 17.1. The highest BCUT2D eigenvalue weighted by Crippen LogP contribution is 2.33. The van der Waals surface area contributed by atoms with Crippen molar-refractivity contribution < 1.29 is 9.21 Å². The number of hydrogen-bond donors (Lipinski definition) is 2. The van der Waals surface area contributed by atoms with Gasteiger partial charge in [-0.3, -0.25) is 4.79 Å². The summed E-state index contributed by atoms with van der Waals surface area (Å²) in [7, 11) is 1.90. The topological polar surface area (TPSA) is 54.3 Å². The minimum absolute atomic E-state index is 0.135. The van der Waals surface area contributed by atoms with Crippen molar-refractivity contribution in [2.24, 2.45) is 0 Å². The minimum Gasteiger partial charge on any atom is -0.451 e. The van der Waals surface area contributed by atoms with Gasteiger partial charge in [0.05, 0.1) is 4.21 Å². The number of thioether (sulfide) groups is 1. The highest BCUT2D eigenvalue weighted by atomic mass is 32.2. The van der Waals surface area contributed by atoms with Crippen LogP contribution in [0.25, 0.3) is 11.0 Å². The average Bonchev–Trinajstić information content (AvgIpc) is 3.24. The molecule has 0 saturated carbocycles. The lowest BCUT2D eigenvalue weighted by Gasteiger charge is -2.05. The molecule has 0 atom stereocenters. The van der Waals surface area contributed by atoms with Crippen LogP contribution in [0.15, 0.2) is 50.4 Å². The predicted octanol–water partition coefficient (Wildman–Crippen LogP) is 4.13. The number of fused-ring (bicyclic) bond motifs is 1.